The first-order chi connectivity index (χ1) is 12.5. The molecule has 0 N–H and O–H groups in total. The van der Waals surface area contributed by atoms with E-state index in [9.17, 15) is 32.5 Å². The number of nitro benzene ring substituents is 1. The molecule has 0 heterocycles. The molecule has 0 saturated heterocycles. The number of nitrogens with zero attached hydrogens (tertiary/aromatic N) is 1. The maximum atomic E-state index is 12.9. The highest BCUT2D eigenvalue weighted by atomic mass is 32.2. The Hall–Kier alpha value is -3.14. The van der Waals surface area contributed by atoms with Gasteiger partial charge in [0.05, 0.1) is 10.5 Å². The van der Waals surface area contributed by atoms with E-state index < -0.39 is 49.0 Å². The second-order valence-electron chi connectivity index (χ2n) is 5.63. The van der Waals surface area contributed by atoms with Crippen LogP contribution in [0.15, 0.2) is 47.4 Å². The van der Waals surface area contributed by atoms with E-state index in [0.29, 0.717) is 0 Å². The van der Waals surface area contributed by atoms with E-state index in [0.717, 1.165) is 36.6 Å². The van der Waals surface area contributed by atoms with Crippen molar-refractivity contribution in [2.24, 2.45) is 0 Å². The fourth-order valence-electron chi connectivity index (χ4n) is 2.23. The number of sulfone groups is 1. The molecule has 2 rings (SSSR count). The molecule has 8 nitrogen and oxygen atoms in total. The van der Waals surface area contributed by atoms with E-state index in [-0.39, 0.29) is 11.1 Å². The summed E-state index contributed by atoms with van der Waals surface area (Å²) in [6, 6.07) is 7.37. The third kappa shape index (κ3) is 4.73. The van der Waals surface area contributed by atoms with Gasteiger partial charge in [-0.1, -0.05) is 0 Å². The van der Waals surface area contributed by atoms with E-state index in [2.05, 4.69) is 0 Å². The Morgan fingerprint density at radius 3 is 2.19 bits per heavy atom. The van der Waals surface area contributed by atoms with Crippen molar-refractivity contribution in [3.05, 3.63) is 69.5 Å². The molecule has 0 spiro atoms. The Morgan fingerprint density at radius 2 is 1.67 bits per heavy atom. The molecule has 0 aliphatic carbocycles. The van der Waals surface area contributed by atoms with Crippen molar-refractivity contribution in [2.75, 3.05) is 6.26 Å². The van der Waals surface area contributed by atoms with Gasteiger partial charge in [0, 0.05) is 17.9 Å². The van der Waals surface area contributed by atoms with Crippen LogP contribution in [-0.2, 0) is 14.6 Å². The number of Topliss-reactive ketones (excluding diaryl/α,β-unsaturated/α-hetero) is 1. The number of hydrogen-bond donors (Lipinski definition) is 0. The molecule has 0 radical (unpaired) electrons. The Morgan fingerprint density at radius 1 is 1.11 bits per heavy atom. The lowest BCUT2D eigenvalue weighted by molar-refractivity contribution is -0.387. The Balaban J connectivity index is 2.25. The Bertz CT molecular complexity index is 1020. The minimum atomic E-state index is -3.88. The minimum absolute atomic E-state index is 0.120. The third-order valence-electron chi connectivity index (χ3n) is 3.57. The fourth-order valence-corrected chi connectivity index (χ4v) is 3.06. The summed E-state index contributed by atoms with van der Waals surface area (Å²) in [7, 11) is -3.88. The first-order valence-electron chi connectivity index (χ1n) is 7.50. The summed E-state index contributed by atoms with van der Waals surface area (Å²) in [4.78, 5) is 34.0. The van der Waals surface area contributed by atoms with Gasteiger partial charge in [-0.15, -0.1) is 0 Å². The molecule has 10 heteroatoms. The molecular weight excluding hydrogens is 381 g/mol. The maximum absolute atomic E-state index is 12.9. The number of rotatable bonds is 6. The smallest absolute Gasteiger partial charge is 0.339 e. The van der Waals surface area contributed by atoms with E-state index in [1.807, 2.05) is 0 Å². The standard InChI is InChI=1S/C17H14FNO7S/c1-10(16(20)11-3-6-13(18)7-4-11)26-17(21)12-5-8-15(27(2,24)25)14(9-12)19(22)23/h3-10H,1-2H3/t10-/m1/s1. The lowest BCUT2D eigenvalue weighted by Crippen LogP contribution is -2.24. The van der Waals surface area contributed by atoms with Crippen LogP contribution in [0.1, 0.15) is 27.6 Å². The summed E-state index contributed by atoms with van der Waals surface area (Å²) in [6.07, 6.45) is -0.437. The van der Waals surface area contributed by atoms with Crippen molar-refractivity contribution in [2.45, 2.75) is 17.9 Å². The quantitative estimate of drug-likeness (QED) is 0.319. The van der Waals surface area contributed by atoms with E-state index in [1.165, 1.54) is 19.1 Å². The first kappa shape index (κ1) is 20.2. The predicted octanol–water partition coefficient (Wildman–Crippen LogP) is 2.57. The predicted molar refractivity (Wildman–Crippen MR) is 91.8 cm³/mol. The third-order valence-corrected chi connectivity index (χ3v) is 4.72. The second kappa shape index (κ2) is 7.62. The molecule has 142 valence electrons. The van der Waals surface area contributed by atoms with Gasteiger partial charge in [0.2, 0.25) is 5.78 Å². The highest BCUT2D eigenvalue weighted by Crippen LogP contribution is 2.25. The van der Waals surface area contributed by atoms with Gasteiger partial charge >= 0.3 is 5.97 Å². The number of esters is 1. The maximum Gasteiger partial charge on any atom is 0.339 e. The van der Waals surface area contributed by atoms with Crippen LogP contribution in [0.25, 0.3) is 0 Å². The summed E-state index contributed by atoms with van der Waals surface area (Å²) in [5.41, 5.74) is -0.938. The summed E-state index contributed by atoms with van der Waals surface area (Å²) in [5.74, 6) is -2.17. The van der Waals surface area contributed by atoms with Crippen molar-refractivity contribution in [3.8, 4) is 0 Å². The average molecular weight is 395 g/mol. The number of hydrogen-bond acceptors (Lipinski definition) is 7. The van der Waals surface area contributed by atoms with Gasteiger partial charge in [0.15, 0.2) is 15.9 Å². The SMILES string of the molecule is C[C@@H](OC(=O)c1ccc(S(C)(=O)=O)c([N+](=O)[O-])c1)C(=O)c1ccc(F)cc1. The van der Waals surface area contributed by atoms with Gasteiger partial charge in [0.1, 0.15) is 10.7 Å². The van der Waals surface area contributed by atoms with Crippen LogP contribution in [0.2, 0.25) is 0 Å². The summed E-state index contributed by atoms with van der Waals surface area (Å²) < 4.78 is 41.1. The van der Waals surface area contributed by atoms with Crippen molar-refractivity contribution < 1.29 is 32.1 Å². The number of carbonyl (C=O) groups excluding carboxylic acids is 2. The van der Waals surface area contributed by atoms with Gasteiger partial charge in [0.25, 0.3) is 5.69 Å². The zero-order valence-electron chi connectivity index (χ0n) is 14.2. The molecule has 0 amide bonds. The highest BCUT2D eigenvalue weighted by Gasteiger charge is 2.26. The van der Waals surface area contributed by atoms with Gasteiger partial charge < -0.3 is 4.74 Å². The average Bonchev–Trinajstić information content (AvgIpc) is 2.60. The van der Waals surface area contributed by atoms with Crippen molar-refractivity contribution >= 4 is 27.3 Å². The molecule has 1 atom stereocenters. The van der Waals surface area contributed by atoms with Crippen LogP contribution in [0.3, 0.4) is 0 Å². The van der Waals surface area contributed by atoms with Crippen LogP contribution in [-0.4, -0.2) is 37.5 Å². The van der Waals surface area contributed by atoms with Gasteiger partial charge in [-0.2, -0.15) is 0 Å². The molecule has 0 aromatic heterocycles. The van der Waals surface area contributed by atoms with E-state index >= 15 is 0 Å². The lowest BCUT2D eigenvalue weighted by atomic mass is 10.1. The summed E-state index contributed by atoms with van der Waals surface area (Å²) >= 11 is 0. The molecule has 2 aromatic rings. The minimum Gasteiger partial charge on any atom is -0.451 e. The molecule has 0 saturated carbocycles. The van der Waals surface area contributed by atoms with Crippen LogP contribution in [0.4, 0.5) is 10.1 Å². The number of nitro groups is 1. The van der Waals surface area contributed by atoms with Crippen molar-refractivity contribution in [1.82, 2.24) is 0 Å². The monoisotopic (exact) mass is 395 g/mol. The molecular formula is C17H14FNO7S. The molecule has 27 heavy (non-hydrogen) atoms. The zero-order chi connectivity index (χ0) is 20.4. The number of carbonyl (C=O) groups is 2. The van der Waals surface area contributed by atoms with Crippen LogP contribution in [0.5, 0.6) is 0 Å². The fraction of sp³-hybridized carbons (Fsp3) is 0.176. The molecule has 0 aliphatic rings. The number of ketones is 1. The second-order valence-corrected chi connectivity index (χ2v) is 7.61. The van der Waals surface area contributed by atoms with Crippen molar-refractivity contribution in [3.63, 3.8) is 0 Å². The van der Waals surface area contributed by atoms with Gasteiger partial charge in [-0.3, -0.25) is 14.9 Å². The summed E-state index contributed by atoms with van der Waals surface area (Å²) in [5, 5.41) is 11.1. The van der Waals surface area contributed by atoms with Crippen molar-refractivity contribution in [1.29, 1.82) is 0 Å². The Kier molecular flexibility index (Phi) is 5.69. The Labute approximate surface area is 153 Å². The van der Waals surface area contributed by atoms with Crippen LogP contribution < -0.4 is 0 Å². The molecule has 0 fully saturated rings. The van der Waals surface area contributed by atoms with Crippen LogP contribution in [0, 0.1) is 15.9 Å². The highest BCUT2D eigenvalue weighted by molar-refractivity contribution is 7.90. The van der Waals surface area contributed by atoms with E-state index in [1.54, 1.807) is 0 Å². The number of halogens is 1. The number of benzene rings is 2. The first-order valence-corrected chi connectivity index (χ1v) is 9.39. The molecule has 0 unspecified atom stereocenters. The molecule has 0 aliphatic heterocycles. The van der Waals surface area contributed by atoms with Crippen LogP contribution >= 0.6 is 0 Å². The molecule has 2 aromatic carbocycles. The lowest BCUT2D eigenvalue weighted by Gasteiger charge is -2.12. The largest absolute Gasteiger partial charge is 0.451 e. The zero-order valence-corrected chi connectivity index (χ0v) is 15.0. The number of ether oxygens (including phenoxy) is 1. The van der Waals surface area contributed by atoms with Gasteiger partial charge in [-0.05, 0) is 43.3 Å². The normalized spacial score (nSPS) is 12.3. The topological polar surface area (TPSA) is 121 Å². The summed E-state index contributed by atoms with van der Waals surface area (Å²) in [6.45, 7) is 1.29. The molecule has 0 bridgehead atoms. The van der Waals surface area contributed by atoms with E-state index in [4.69, 9.17) is 4.74 Å². The van der Waals surface area contributed by atoms with Gasteiger partial charge in [-0.25, -0.2) is 17.6 Å².